The van der Waals surface area contributed by atoms with Gasteiger partial charge in [-0.1, -0.05) is 26.0 Å². The molecule has 0 unspecified atom stereocenters. The first-order valence-electron chi connectivity index (χ1n) is 10.8. The maximum Gasteiger partial charge on any atom is 0.268 e. The number of aromatic nitrogens is 2. The Morgan fingerprint density at radius 1 is 1.27 bits per heavy atom. The molecule has 0 fully saturated rings. The van der Waals surface area contributed by atoms with E-state index in [1.165, 1.54) is 35.0 Å². The van der Waals surface area contributed by atoms with Gasteiger partial charge < -0.3 is 9.53 Å². The number of ether oxygens (including phenoxy) is 1. The lowest BCUT2D eigenvalue weighted by Gasteiger charge is -2.15. The van der Waals surface area contributed by atoms with Gasteiger partial charge in [-0.25, -0.2) is 13.8 Å². The lowest BCUT2D eigenvalue weighted by atomic mass is 10.0. The number of hydrogen-bond donors (Lipinski definition) is 0. The number of hydrogen-bond acceptors (Lipinski definition) is 6. The number of carbonyl (C=O) groups excluding carboxylic acids is 1. The van der Waals surface area contributed by atoms with E-state index in [4.69, 9.17) is 0 Å². The van der Waals surface area contributed by atoms with Crippen molar-refractivity contribution in [2.75, 3.05) is 13.7 Å². The SMILES string of the molecule is CC.CC(C)(C)S/N=C(\CCc1ncn(CC=O)c(=O)c1Br)c1ccc(F)cc1.CCOC. The van der Waals surface area contributed by atoms with Crippen LogP contribution in [0.4, 0.5) is 4.39 Å². The second-order valence-corrected chi connectivity index (χ2v) is 9.84. The molecule has 0 saturated heterocycles. The van der Waals surface area contributed by atoms with Gasteiger partial charge in [0.2, 0.25) is 0 Å². The molecule has 2 aromatic rings. The quantitative estimate of drug-likeness (QED) is 0.235. The molecule has 184 valence electrons. The monoisotopic (exact) mass is 543 g/mol. The predicted molar refractivity (Wildman–Crippen MR) is 140 cm³/mol. The van der Waals surface area contributed by atoms with Gasteiger partial charge in [-0.3, -0.25) is 9.36 Å². The van der Waals surface area contributed by atoms with E-state index >= 15 is 0 Å². The highest BCUT2D eigenvalue weighted by Gasteiger charge is 2.14. The zero-order valence-corrected chi connectivity index (χ0v) is 22.9. The van der Waals surface area contributed by atoms with Crippen LogP contribution in [0.15, 0.2) is 44.3 Å². The molecule has 0 saturated carbocycles. The van der Waals surface area contributed by atoms with E-state index < -0.39 is 0 Å². The standard InChI is InChI=1S/C19H21BrFN3O2S.C3H8O.C2H6/c1-19(2,3)27-23-15(13-4-6-14(21)7-5-13)8-9-16-17(20)18(26)24(10-11-25)12-22-16;1-3-4-2;1-2/h4-7,11-12H,8-10H2,1-3H3;3H2,1-2H3;1-2H3/b23-15+;;. The fourth-order valence-electron chi connectivity index (χ4n) is 2.20. The van der Waals surface area contributed by atoms with Crippen molar-refractivity contribution >= 4 is 39.9 Å². The van der Waals surface area contributed by atoms with Gasteiger partial charge in [0, 0.05) is 18.5 Å². The Balaban J connectivity index is 0.00000154. The van der Waals surface area contributed by atoms with E-state index in [2.05, 4.69) is 50.8 Å². The molecule has 0 spiro atoms. The van der Waals surface area contributed by atoms with E-state index in [1.54, 1.807) is 19.2 Å². The molecule has 0 aliphatic rings. The van der Waals surface area contributed by atoms with Crippen LogP contribution in [0.5, 0.6) is 0 Å². The molecule has 0 atom stereocenters. The highest BCUT2D eigenvalue weighted by atomic mass is 79.9. The summed E-state index contributed by atoms with van der Waals surface area (Å²) in [6.07, 6.45) is 3.05. The molecule has 0 aliphatic carbocycles. The lowest BCUT2D eigenvalue weighted by Crippen LogP contribution is -2.23. The Bertz CT molecular complexity index is 924. The number of carbonyl (C=O) groups is 1. The van der Waals surface area contributed by atoms with Gasteiger partial charge in [0.05, 0.1) is 24.3 Å². The third-order valence-corrected chi connectivity index (χ3v) is 5.48. The predicted octanol–water partition coefficient (Wildman–Crippen LogP) is 5.89. The smallest absolute Gasteiger partial charge is 0.268 e. The van der Waals surface area contributed by atoms with E-state index in [-0.39, 0.29) is 22.7 Å². The molecule has 0 radical (unpaired) electrons. The van der Waals surface area contributed by atoms with Crippen LogP contribution >= 0.6 is 27.9 Å². The van der Waals surface area contributed by atoms with Crippen LogP contribution in [0.1, 0.15) is 59.2 Å². The second kappa shape index (κ2) is 16.7. The van der Waals surface area contributed by atoms with Gasteiger partial charge in [0.1, 0.15) is 16.6 Å². The van der Waals surface area contributed by atoms with E-state index in [0.717, 1.165) is 17.9 Å². The molecule has 0 N–H and O–H groups in total. The molecular weight excluding hydrogens is 509 g/mol. The molecule has 0 bridgehead atoms. The van der Waals surface area contributed by atoms with Crippen LogP contribution in [0.25, 0.3) is 0 Å². The average Bonchev–Trinajstić information content (AvgIpc) is 2.80. The molecule has 1 aromatic carbocycles. The highest BCUT2D eigenvalue weighted by molar-refractivity contribution is 9.10. The molecular formula is C24H35BrFN3O3S. The second-order valence-electron chi connectivity index (χ2n) is 7.46. The van der Waals surface area contributed by atoms with Crippen LogP contribution in [-0.2, 0) is 22.5 Å². The summed E-state index contributed by atoms with van der Waals surface area (Å²) in [5.74, 6) is -0.301. The molecule has 6 nitrogen and oxygen atoms in total. The first kappa shape index (κ1) is 31.2. The van der Waals surface area contributed by atoms with Crippen LogP contribution in [-0.4, -0.2) is 40.0 Å². The fraction of sp³-hybridized carbons (Fsp3) is 0.500. The Morgan fingerprint density at radius 3 is 2.33 bits per heavy atom. The summed E-state index contributed by atoms with van der Waals surface area (Å²) in [6.45, 7) is 12.9. The van der Waals surface area contributed by atoms with E-state index in [1.807, 2.05) is 20.8 Å². The van der Waals surface area contributed by atoms with Gasteiger partial charge in [-0.05, 0) is 86.1 Å². The summed E-state index contributed by atoms with van der Waals surface area (Å²) in [5.41, 5.74) is 1.94. The van der Waals surface area contributed by atoms with Gasteiger partial charge in [0.25, 0.3) is 5.56 Å². The number of rotatable bonds is 8. The van der Waals surface area contributed by atoms with E-state index in [9.17, 15) is 14.0 Å². The number of aldehydes is 1. The average molecular weight is 545 g/mol. The normalized spacial score (nSPS) is 11.1. The topological polar surface area (TPSA) is 73.5 Å². The number of nitrogens with zero attached hydrogens (tertiary/aromatic N) is 3. The minimum Gasteiger partial charge on any atom is -0.385 e. The number of benzene rings is 1. The lowest BCUT2D eigenvalue weighted by molar-refractivity contribution is -0.108. The molecule has 1 heterocycles. The van der Waals surface area contributed by atoms with Gasteiger partial charge >= 0.3 is 0 Å². The number of methoxy groups -OCH3 is 1. The Hall–Kier alpha value is -1.84. The van der Waals surface area contributed by atoms with Crippen molar-refractivity contribution in [1.29, 1.82) is 0 Å². The van der Waals surface area contributed by atoms with Crippen LogP contribution in [0.2, 0.25) is 0 Å². The Labute approximate surface area is 209 Å². The highest BCUT2D eigenvalue weighted by Crippen LogP contribution is 2.26. The van der Waals surface area contributed by atoms with Crippen molar-refractivity contribution in [1.82, 2.24) is 9.55 Å². The molecule has 0 amide bonds. The first-order valence-corrected chi connectivity index (χ1v) is 12.4. The third kappa shape index (κ3) is 12.3. The minimum absolute atomic E-state index is 0.0325. The Kier molecular flexibility index (Phi) is 15.8. The van der Waals surface area contributed by atoms with Gasteiger partial charge in [-0.15, -0.1) is 0 Å². The van der Waals surface area contributed by atoms with Crippen molar-refractivity contribution in [3.05, 3.63) is 62.5 Å². The zero-order chi connectivity index (χ0) is 25.4. The minimum atomic E-state index is -0.301. The van der Waals surface area contributed by atoms with Gasteiger partial charge in [0.15, 0.2) is 0 Å². The molecule has 1 aromatic heterocycles. The Morgan fingerprint density at radius 2 is 1.85 bits per heavy atom. The third-order valence-electron chi connectivity index (χ3n) is 3.82. The van der Waals surface area contributed by atoms with Crippen molar-refractivity contribution < 1.29 is 13.9 Å². The van der Waals surface area contributed by atoms with Crippen molar-refractivity contribution in [2.24, 2.45) is 4.40 Å². The maximum atomic E-state index is 13.3. The van der Waals surface area contributed by atoms with Crippen molar-refractivity contribution in [3.63, 3.8) is 0 Å². The summed E-state index contributed by atoms with van der Waals surface area (Å²) < 4.78 is 24.0. The van der Waals surface area contributed by atoms with Gasteiger partial charge in [-0.2, -0.15) is 0 Å². The largest absolute Gasteiger partial charge is 0.385 e. The summed E-state index contributed by atoms with van der Waals surface area (Å²) in [5, 5.41) is 0. The molecule has 33 heavy (non-hydrogen) atoms. The van der Waals surface area contributed by atoms with Crippen molar-refractivity contribution in [3.8, 4) is 0 Å². The van der Waals surface area contributed by atoms with Crippen LogP contribution < -0.4 is 5.56 Å². The summed E-state index contributed by atoms with van der Waals surface area (Å²) in [7, 11) is 1.68. The summed E-state index contributed by atoms with van der Waals surface area (Å²) in [4.78, 5) is 27.1. The molecule has 9 heteroatoms. The zero-order valence-electron chi connectivity index (χ0n) is 20.5. The van der Waals surface area contributed by atoms with Crippen LogP contribution in [0.3, 0.4) is 0 Å². The maximum absolute atomic E-state index is 13.3. The van der Waals surface area contributed by atoms with Crippen molar-refractivity contribution in [2.45, 2.75) is 65.7 Å². The fourth-order valence-corrected chi connectivity index (χ4v) is 3.31. The number of aryl methyl sites for hydroxylation is 1. The molecule has 0 aliphatic heterocycles. The molecule has 2 rings (SSSR count). The van der Waals surface area contributed by atoms with Crippen LogP contribution in [0, 0.1) is 5.82 Å². The number of halogens is 2. The van der Waals surface area contributed by atoms with E-state index in [0.29, 0.717) is 29.3 Å². The first-order chi connectivity index (χ1) is 15.6. The summed E-state index contributed by atoms with van der Waals surface area (Å²) >= 11 is 4.73. The summed E-state index contributed by atoms with van der Waals surface area (Å²) in [6, 6.07) is 6.20.